The smallest absolute Gasteiger partial charge is 0.257 e. The van der Waals surface area contributed by atoms with Gasteiger partial charge < -0.3 is 18.8 Å². The molecule has 0 radical (unpaired) electrons. The minimum atomic E-state index is -0.124. The van der Waals surface area contributed by atoms with E-state index in [2.05, 4.69) is 5.10 Å². The number of hydrogen-bond acceptors (Lipinski definition) is 5. The van der Waals surface area contributed by atoms with E-state index >= 15 is 0 Å². The van der Waals surface area contributed by atoms with Crippen LogP contribution in [0.5, 0.6) is 11.5 Å². The van der Waals surface area contributed by atoms with Crippen molar-refractivity contribution in [2.75, 3.05) is 20.3 Å². The Morgan fingerprint density at radius 3 is 2.81 bits per heavy atom. The summed E-state index contributed by atoms with van der Waals surface area (Å²) < 4.78 is 18.4. The number of furan rings is 1. The summed E-state index contributed by atoms with van der Waals surface area (Å²) in [5, 5.41) is 4.50. The van der Waals surface area contributed by atoms with E-state index in [-0.39, 0.29) is 5.91 Å². The molecule has 27 heavy (non-hydrogen) atoms. The summed E-state index contributed by atoms with van der Waals surface area (Å²) in [6.45, 7) is 1.63. The lowest BCUT2D eigenvalue weighted by atomic mass is 10.1. The largest absolute Gasteiger partial charge is 0.490 e. The number of hydrogen-bond donors (Lipinski definition) is 0. The van der Waals surface area contributed by atoms with E-state index in [1.165, 1.54) is 0 Å². The van der Waals surface area contributed by atoms with Crippen molar-refractivity contribution in [3.05, 3.63) is 54.1 Å². The molecule has 1 aliphatic heterocycles. The first-order chi connectivity index (χ1) is 13.1. The van der Waals surface area contributed by atoms with Gasteiger partial charge in [0, 0.05) is 32.3 Å². The molecule has 0 fully saturated rings. The average Bonchev–Trinajstić information content (AvgIpc) is 3.24. The van der Waals surface area contributed by atoms with Gasteiger partial charge in [-0.1, -0.05) is 0 Å². The third-order valence-electron chi connectivity index (χ3n) is 4.40. The zero-order valence-corrected chi connectivity index (χ0v) is 15.3. The summed E-state index contributed by atoms with van der Waals surface area (Å²) in [5.74, 6) is 2.00. The van der Waals surface area contributed by atoms with Crippen LogP contribution in [0.25, 0.3) is 11.3 Å². The monoisotopic (exact) mass is 367 g/mol. The van der Waals surface area contributed by atoms with Gasteiger partial charge in [0.25, 0.3) is 5.91 Å². The number of amides is 1. The Morgan fingerprint density at radius 2 is 2.04 bits per heavy atom. The van der Waals surface area contributed by atoms with Crippen molar-refractivity contribution in [1.29, 1.82) is 0 Å². The summed E-state index contributed by atoms with van der Waals surface area (Å²) >= 11 is 0. The fourth-order valence-electron chi connectivity index (χ4n) is 3.08. The van der Waals surface area contributed by atoms with E-state index in [1.54, 1.807) is 42.2 Å². The molecular weight excluding hydrogens is 346 g/mol. The lowest BCUT2D eigenvalue weighted by Gasteiger charge is -2.16. The molecule has 0 saturated heterocycles. The maximum absolute atomic E-state index is 13.0. The fourth-order valence-corrected chi connectivity index (χ4v) is 3.08. The van der Waals surface area contributed by atoms with Gasteiger partial charge in [-0.05, 0) is 30.3 Å². The van der Waals surface area contributed by atoms with Crippen molar-refractivity contribution in [2.45, 2.75) is 13.0 Å². The first kappa shape index (κ1) is 17.2. The minimum absolute atomic E-state index is 0.124. The summed E-state index contributed by atoms with van der Waals surface area (Å²) in [5.41, 5.74) is 1.96. The van der Waals surface area contributed by atoms with Crippen molar-refractivity contribution < 1.29 is 18.7 Å². The molecule has 7 nitrogen and oxygen atoms in total. The molecular formula is C20H21N3O4. The zero-order valence-electron chi connectivity index (χ0n) is 15.3. The summed E-state index contributed by atoms with van der Waals surface area (Å²) in [4.78, 5) is 14.6. The number of rotatable bonds is 4. The van der Waals surface area contributed by atoms with Crippen LogP contribution in [0.3, 0.4) is 0 Å². The molecule has 140 valence electrons. The second kappa shape index (κ2) is 7.19. The highest BCUT2D eigenvalue weighted by molar-refractivity contribution is 5.99. The SMILES string of the molecule is CN(Cc1ccco1)C(=O)c1cn(C)nc1-c1ccc2c(c1)OCCCO2. The van der Waals surface area contributed by atoms with Crippen LogP contribution in [0, 0.1) is 0 Å². The van der Waals surface area contributed by atoms with Gasteiger partial charge in [-0.25, -0.2) is 0 Å². The molecule has 0 saturated carbocycles. The van der Waals surface area contributed by atoms with Gasteiger partial charge in [-0.15, -0.1) is 0 Å². The molecule has 0 unspecified atom stereocenters. The third kappa shape index (κ3) is 3.53. The van der Waals surface area contributed by atoms with Gasteiger partial charge in [-0.2, -0.15) is 5.10 Å². The van der Waals surface area contributed by atoms with E-state index in [0.717, 1.165) is 23.5 Å². The Labute approximate surface area is 157 Å². The van der Waals surface area contributed by atoms with Crippen LogP contribution in [0.15, 0.2) is 47.2 Å². The molecule has 0 atom stereocenters. The molecule has 3 aromatic rings. The number of fused-ring (bicyclic) bond motifs is 1. The Bertz CT molecular complexity index is 946. The van der Waals surface area contributed by atoms with E-state index in [4.69, 9.17) is 13.9 Å². The highest BCUT2D eigenvalue weighted by Gasteiger charge is 2.22. The lowest BCUT2D eigenvalue weighted by molar-refractivity contribution is 0.0776. The Kier molecular flexibility index (Phi) is 4.58. The molecule has 2 aromatic heterocycles. The van der Waals surface area contributed by atoms with Gasteiger partial charge in [0.05, 0.1) is 31.6 Å². The normalized spacial score (nSPS) is 13.3. The Hall–Kier alpha value is -3.22. The van der Waals surface area contributed by atoms with Crippen LogP contribution in [-0.2, 0) is 13.6 Å². The van der Waals surface area contributed by atoms with Crippen LogP contribution in [-0.4, -0.2) is 40.8 Å². The van der Waals surface area contributed by atoms with E-state index in [1.807, 2.05) is 24.3 Å². The third-order valence-corrected chi connectivity index (χ3v) is 4.40. The molecule has 7 heteroatoms. The van der Waals surface area contributed by atoms with Crippen LogP contribution in [0.4, 0.5) is 0 Å². The molecule has 0 spiro atoms. The molecule has 1 aliphatic rings. The maximum Gasteiger partial charge on any atom is 0.257 e. The summed E-state index contributed by atoms with van der Waals surface area (Å²) in [6.07, 6.45) is 4.18. The number of carbonyl (C=O) groups is 1. The van der Waals surface area contributed by atoms with Crippen LogP contribution >= 0.6 is 0 Å². The number of benzene rings is 1. The molecule has 3 heterocycles. The Balaban J connectivity index is 1.65. The number of aryl methyl sites for hydroxylation is 1. The van der Waals surface area contributed by atoms with Crippen molar-refractivity contribution >= 4 is 5.91 Å². The predicted octanol–water partition coefficient (Wildman–Crippen LogP) is 3.11. The first-order valence-corrected chi connectivity index (χ1v) is 8.83. The number of ether oxygens (including phenoxy) is 2. The van der Waals surface area contributed by atoms with E-state index < -0.39 is 0 Å². The maximum atomic E-state index is 13.0. The molecule has 0 N–H and O–H groups in total. The molecule has 1 aromatic carbocycles. The fraction of sp³-hybridized carbons (Fsp3) is 0.300. The van der Waals surface area contributed by atoms with Crippen molar-refractivity contribution in [1.82, 2.24) is 14.7 Å². The van der Waals surface area contributed by atoms with Crippen LogP contribution in [0.2, 0.25) is 0 Å². The summed E-state index contributed by atoms with van der Waals surface area (Å²) in [6, 6.07) is 9.30. The minimum Gasteiger partial charge on any atom is -0.490 e. The molecule has 0 aliphatic carbocycles. The topological polar surface area (TPSA) is 69.7 Å². The van der Waals surface area contributed by atoms with Gasteiger partial charge in [0.2, 0.25) is 0 Å². The van der Waals surface area contributed by atoms with Crippen molar-refractivity contribution in [2.24, 2.45) is 7.05 Å². The molecule has 0 bridgehead atoms. The van der Waals surface area contributed by atoms with Gasteiger partial charge in [0.1, 0.15) is 11.5 Å². The summed E-state index contributed by atoms with van der Waals surface area (Å²) in [7, 11) is 3.55. The second-order valence-corrected chi connectivity index (χ2v) is 6.52. The average molecular weight is 367 g/mol. The quantitative estimate of drug-likeness (QED) is 0.709. The number of aromatic nitrogens is 2. The highest BCUT2D eigenvalue weighted by Crippen LogP contribution is 2.35. The first-order valence-electron chi connectivity index (χ1n) is 8.83. The predicted molar refractivity (Wildman–Crippen MR) is 98.8 cm³/mol. The van der Waals surface area contributed by atoms with Crippen molar-refractivity contribution in [3.8, 4) is 22.8 Å². The number of carbonyl (C=O) groups excluding carboxylic acids is 1. The van der Waals surface area contributed by atoms with Crippen LogP contribution < -0.4 is 9.47 Å². The Morgan fingerprint density at radius 1 is 1.22 bits per heavy atom. The lowest BCUT2D eigenvalue weighted by Crippen LogP contribution is -2.26. The standard InChI is InChI=1S/C20H21N3O4/c1-22(12-15-5-3-8-25-15)20(24)16-13-23(2)21-19(16)14-6-7-17-18(11-14)27-10-4-9-26-17/h3,5-8,11,13H,4,9-10,12H2,1-2H3. The zero-order chi connectivity index (χ0) is 18.8. The van der Waals surface area contributed by atoms with Crippen molar-refractivity contribution in [3.63, 3.8) is 0 Å². The van der Waals surface area contributed by atoms with E-state index in [0.29, 0.717) is 36.8 Å². The van der Waals surface area contributed by atoms with Gasteiger partial charge >= 0.3 is 0 Å². The highest BCUT2D eigenvalue weighted by atomic mass is 16.5. The molecule has 4 rings (SSSR count). The van der Waals surface area contributed by atoms with Gasteiger partial charge in [0.15, 0.2) is 11.5 Å². The second-order valence-electron chi connectivity index (χ2n) is 6.52. The van der Waals surface area contributed by atoms with Gasteiger partial charge in [-0.3, -0.25) is 9.48 Å². The number of nitrogens with zero attached hydrogens (tertiary/aromatic N) is 3. The van der Waals surface area contributed by atoms with E-state index in [9.17, 15) is 4.79 Å². The molecule has 1 amide bonds. The van der Waals surface area contributed by atoms with Crippen LogP contribution in [0.1, 0.15) is 22.5 Å².